The first-order valence-electron chi connectivity index (χ1n) is 5.56. The SMILES string of the molecule is OCC1CCCN1c1ncc2cccn2n1. The Labute approximate surface area is 93.3 Å². The third-order valence-corrected chi connectivity index (χ3v) is 3.11. The molecule has 1 atom stereocenters. The molecule has 0 aliphatic carbocycles. The zero-order chi connectivity index (χ0) is 11.0. The van der Waals surface area contributed by atoms with Crippen molar-refractivity contribution in [2.75, 3.05) is 18.1 Å². The van der Waals surface area contributed by atoms with Crippen molar-refractivity contribution in [1.82, 2.24) is 14.6 Å². The van der Waals surface area contributed by atoms with Gasteiger partial charge in [-0.1, -0.05) is 0 Å². The summed E-state index contributed by atoms with van der Waals surface area (Å²) in [4.78, 5) is 6.42. The first-order valence-corrected chi connectivity index (χ1v) is 5.56. The third kappa shape index (κ3) is 1.44. The summed E-state index contributed by atoms with van der Waals surface area (Å²) in [6.07, 6.45) is 5.83. The maximum absolute atomic E-state index is 9.27. The molecule has 16 heavy (non-hydrogen) atoms. The highest BCUT2D eigenvalue weighted by Gasteiger charge is 2.26. The van der Waals surface area contributed by atoms with E-state index in [4.69, 9.17) is 0 Å². The summed E-state index contributed by atoms with van der Waals surface area (Å²) in [5.41, 5.74) is 0.989. The lowest BCUT2D eigenvalue weighted by molar-refractivity contribution is 0.265. The maximum atomic E-state index is 9.27. The number of aliphatic hydroxyl groups excluding tert-OH is 1. The van der Waals surface area contributed by atoms with Gasteiger partial charge in [0.2, 0.25) is 5.95 Å². The van der Waals surface area contributed by atoms with E-state index in [1.807, 2.05) is 29.0 Å². The fraction of sp³-hybridized carbons (Fsp3) is 0.455. The molecule has 0 aromatic carbocycles. The summed E-state index contributed by atoms with van der Waals surface area (Å²) in [7, 11) is 0. The van der Waals surface area contributed by atoms with Crippen LogP contribution in [0.15, 0.2) is 24.5 Å². The van der Waals surface area contributed by atoms with Crippen LogP contribution in [0, 0.1) is 0 Å². The summed E-state index contributed by atoms with van der Waals surface area (Å²) < 4.78 is 1.81. The number of anilines is 1. The zero-order valence-corrected chi connectivity index (χ0v) is 8.95. The predicted molar refractivity (Wildman–Crippen MR) is 60.4 cm³/mol. The lowest BCUT2D eigenvalue weighted by atomic mass is 10.2. The molecule has 1 fully saturated rings. The van der Waals surface area contributed by atoms with Crippen LogP contribution in [0.4, 0.5) is 5.95 Å². The number of hydrogen-bond acceptors (Lipinski definition) is 4. The van der Waals surface area contributed by atoms with Gasteiger partial charge in [-0.15, -0.1) is 5.10 Å². The molecule has 0 bridgehead atoms. The van der Waals surface area contributed by atoms with E-state index in [1.165, 1.54) is 0 Å². The number of fused-ring (bicyclic) bond motifs is 1. The summed E-state index contributed by atoms with van der Waals surface area (Å²) in [5, 5.41) is 13.7. The standard InChI is InChI=1S/C11H14N4O/c16-8-10-4-1-5-14(10)11-12-7-9-3-2-6-15(9)13-11/h2-3,6-7,10,16H,1,4-5,8H2. The van der Waals surface area contributed by atoms with Gasteiger partial charge in [-0.3, -0.25) is 0 Å². The molecule has 3 rings (SSSR count). The molecule has 1 aliphatic heterocycles. The highest BCUT2D eigenvalue weighted by Crippen LogP contribution is 2.21. The molecule has 84 valence electrons. The minimum atomic E-state index is 0.174. The minimum absolute atomic E-state index is 0.174. The van der Waals surface area contributed by atoms with E-state index in [1.54, 1.807) is 0 Å². The Hall–Kier alpha value is -1.62. The van der Waals surface area contributed by atoms with E-state index < -0.39 is 0 Å². The molecule has 0 saturated carbocycles. The van der Waals surface area contributed by atoms with Gasteiger partial charge in [0.25, 0.3) is 0 Å². The molecule has 5 heteroatoms. The highest BCUT2D eigenvalue weighted by atomic mass is 16.3. The number of aliphatic hydroxyl groups is 1. The lowest BCUT2D eigenvalue weighted by Gasteiger charge is -2.22. The normalized spacial score (nSPS) is 20.8. The number of aromatic nitrogens is 3. The lowest BCUT2D eigenvalue weighted by Crippen LogP contribution is -2.33. The Bertz CT molecular complexity index is 495. The smallest absolute Gasteiger partial charge is 0.243 e. The van der Waals surface area contributed by atoms with Gasteiger partial charge in [-0.05, 0) is 25.0 Å². The van der Waals surface area contributed by atoms with E-state index >= 15 is 0 Å². The van der Waals surface area contributed by atoms with Gasteiger partial charge < -0.3 is 10.0 Å². The molecular weight excluding hydrogens is 204 g/mol. The van der Waals surface area contributed by atoms with Crippen molar-refractivity contribution < 1.29 is 5.11 Å². The Balaban J connectivity index is 1.98. The summed E-state index contributed by atoms with van der Waals surface area (Å²) in [6, 6.07) is 4.09. The molecule has 0 amide bonds. The van der Waals surface area contributed by atoms with Crippen molar-refractivity contribution in [2.45, 2.75) is 18.9 Å². The van der Waals surface area contributed by atoms with Crippen LogP contribution in [0.1, 0.15) is 12.8 Å². The predicted octanol–water partition coefficient (Wildman–Crippen LogP) is 0.690. The van der Waals surface area contributed by atoms with Crippen molar-refractivity contribution in [2.24, 2.45) is 0 Å². The van der Waals surface area contributed by atoms with Gasteiger partial charge >= 0.3 is 0 Å². The van der Waals surface area contributed by atoms with Crippen LogP contribution in [0.25, 0.3) is 5.52 Å². The Morgan fingerprint density at radius 1 is 1.50 bits per heavy atom. The zero-order valence-electron chi connectivity index (χ0n) is 8.95. The molecule has 1 N–H and O–H groups in total. The average molecular weight is 218 g/mol. The molecule has 1 aliphatic rings. The van der Waals surface area contributed by atoms with Crippen molar-refractivity contribution in [3.8, 4) is 0 Å². The van der Waals surface area contributed by atoms with Crippen molar-refractivity contribution >= 4 is 11.5 Å². The Kier molecular flexibility index (Phi) is 2.25. The van der Waals surface area contributed by atoms with Crippen LogP contribution in [-0.4, -0.2) is 38.9 Å². The molecule has 2 aromatic heterocycles. The molecule has 1 saturated heterocycles. The second-order valence-corrected chi connectivity index (χ2v) is 4.11. The maximum Gasteiger partial charge on any atom is 0.243 e. The Morgan fingerprint density at radius 2 is 2.44 bits per heavy atom. The van der Waals surface area contributed by atoms with Crippen LogP contribution in [0.3, 0.4) is 0 Å². The topological polar surface area (TPSA) is 53.7 Å². The van der Waals surface area contributed by atoms with Gasteiger partial charge in [0.1, 0.15) is 0 Å². The van der Waals surface area contributed by atoms with Gasteiger partial charge in [0.05, 0.1) is 24.4 Å². The second kappa shape index (κ2) is 3.75. The molecule has 3 heterocycles. The van der Waals surface area contributed by atoms with Gasteiger partial charge in [-0.2, -0.15) is 0 Å². The number of nitrogens with zero attached hydrogens (tertiary/aromatic N) is 4. The van der Waals surface area contributed by atoms with E-state index in [0.29, 0.717) is 5.95 Å². The summed E-state index contributed by atoms with van der Waals surface area (Å²) in [5.74, 6) is 0.709. The van der Waals surface area contributed by atoms with Crippen molar-refractivity contribution in [1.29, 1.82) is 0 Å². The third-order valence-electron chi connectivity index (χ3n) is 3.11. The molecule has 0 spiro atoms. The first kappa shape index (κ1) is 9.59. The number of rotatable bonds is 2. The van der Waals surface area contributed by atoms with Gasteiger partial charge in [-0.25, -0.2) is 9.50 Å². The molecular formula is C11H14N4O. The fourth-order valence-corrected chi connectivity index (χ4v) is 2.25. The molecule has 1 unspecified atom stereocenters. The Morgan fingerprint density at radius 3 is 3.31 bits per heavy atom. The highest BCUT2D eigenvalue weighted by molar-refractivity contribution is 5.46. The van der Waals surface area contributed by atoms with Gasteiger partial charge in [0.15, 0.2) is 0 Å². The van der Waals surface area contributed by atoms with Crippen LogP contribution in [-0.2, 0) is 0 Å². The van der Waals surface area contributed by atoms with E-state index in [-0.39, 0.29) is 12.6 Å². The van der Waals surface area contributed by atoms with E-state index in [2.05, 4.69) is 15.0 Å². The molecule has 2 aromatic rings. The number of hydrogen-bond donors (Lipinski definition) is 1. The quantitative estimate of drug-likeness (QED) is 0.805. The second-order valence-electron chi connectivity index (χ2n) is 4.11. The van der Waals surface area contributed by atoms with Crippen LogP contribution < -0.4 is 4.90 Å². The fourth-order valence-electron chi connectivity index (χ4n) is 2.25. The largest absolute Gasteiger partial charge is 0.394 e. The van der Waals surface area contributed by atoms with E-state index in [9.17, 15) is 5.11 Å². The molecule has 5 nitrogen and oxygen atoms in total. The van der Waals surface area contributed by atoms with Crippen LogP contribution >= 0.6 is 0 Å². The van der Waals surface area contributed by atoms with Crippen molar-refractivity contribution in [3.05, 3.63) is 24.5 Å². The minimum Gasteiger partial charge on any atom is -0.394 e. The first-order chi connectivity index (χ1) is 7.88. The average Bonchev–Trinajstić information content (AvgIpc) is 2.96. The summed E-state index contributed by atoms with van der Waals surface area (Å²) in [6.45, 7) is 1.10. The van der Waals surface area contributed by atoms with Gasteiger partial charge in [0, 0.05) is 12.7 Å². The van der Waals surface area contributed by atoms with E-state index in [0.717, 1.165) is 24.9 Å². The van der Waals surface area contributed by atoms with Crippen LogP contribution in [0.5, 0.6) is 0 Å². The molecule has 0 radical (unpaired) electrons. The summed E-state index contributed by atoms with van der Waals surface area (Å²) >= 11 is 0. The van der Waals surface area contributed by atoms with Crippen LogP contribution in [0.2, 0.25) is 0 Å². The van der Waals surface area contributed by atoms with Crippen molar-refractivity contribution in [3.63, 3.8) is 0 Å². The monoisotopic (exact) mass is 218 g/mol.